The van der Waals surface area contributed by atoms with Crippen molar-refractivity contribution in [1.29, 1.82) is 0 Å². The van der Waals surface area contributed by atoms with Crippen LogP contribution in [0.5, 0.6) is 0 Å². The summed E-state index contributed by atoms with van der Waals surface area (Å²) in [5, 5.41) is 5.51. The number of nitrogens with one attached hydrogen (secondary N) is 2. The van der Waals surface area contributed by atoms with Crippen LogP contribution in [0.2, 0.25) is 0 Å². The van der Waals surface area contributed by atoms with Crippen LogP contribution in [0.3, 0.4) is 0 Å². The highest BCUT2D eigenvalue weighted by molar-refractivity contribution is 5.96. The fourth-order valence-corrected chi connectivity index (χ4v) is 2.58. The van der Waals surface area contributed by atoms with Crippen molar-refractivity contribution < 1.29 is 14.3 Å². The molecule has 0 aliphatic heterocycles. The van der Waals surface area contributed by atoms with Crippen LogP contribution in [-0.4, -0.2) is 39.2 Å². The van der Waals surface area contributed by atoms with Crippen LogP contribution in [0.1, 0.15) is 29.3 Å². The molecule has 2 aromatic carbocycles. The smallest absolute Gasteiger partial charge is 0.411 e. The van der Waals surface area contributed by atoms with E-state index < -0.39 is 6.09 Å². The highest BCUT2D eigenvalue weighted by Crippen LogP contribution is 2.14. The molecule has 0 bridgehead atoms. The molecule has 2 amide bonds. The Balaban J connectivity index is 1.79. The summed E-state index contributed by atoms with van der Waals surface area (Å²) in [6.07, 6.45) is 1.22. The van der Waals surface area contributed by atoms with Crippen molar-refractivity contribution in [2.75, 3.05) is 37.5 Å². The second kappa shape index (κ2) is 10.2. The largest absolute Gasteiger partial charge is 0.450 e. The topological polar surface area (TPSA) is 70.7 Å². The Morgan fingerprint density at radius 1 is 1.07 bits per heavy atom. The van der Waals surface area contributed by atoms with Gasteiger partial charge in [-0.2, -0.15) is 0 Å². The van der Waals surface area contributed by atoms with Crippen molar-refractivity contribution in [3.63, 3.8) is 0 Å². The maximum absolute atomic E-state index is 12.3. The van der Waals surface area contributed by atoms with E-state index >= 15 is 0 Å². The highest BCUT2D eigenvalue weighted by Gasteiger charge is 2.08. The minimum atomic E-state index is -0.532. The molecule has 0 aromatic heterocycles. The second-order valence-electron chi connectivity index (χ2n) is 6.35. The number of amides is 2. The van der Waals surface area contributed by atoms with Gasteiger partial charge in [-0.3, -0.25) is 10.1 Å². The van der Waals surface area contributed by atoms with Crippen LogP contribution in [0, 0.1) is 0 Å². The lowest BCUT2D eigenvalue weighted by Gasteiger charge is -2.12. The molecule has 6 nitrogen and oxygen atoms in total. The fraction of sp³-hybridized carbons (Fsp3) is 0.333. The van der Waals surface area contributed by atoms with Gasteiger partial charge >= 0.3 is 6.09 Å². The van der Waals surface area contributed by atoms with Crippen molar-refractivity contribution in [2.45, 2.75) is 19.8 Å². The summed E-state index contributed by atoms with van der Waals surface area (Å²) >= 11 is 0. The lowest BCUT2D eigenvalue weighted by atomic mass is 10.1. The first-order valence-electron chi connectivity index (χ1n) is 9.08. The van der Waals surface area contributed by atoms with Gasteiger partial charge in [0, 0.05) is 37.6 Å². The van der Waals surface area contributed by atoms with E-state index in [-0.39, 0.29) is 5.91 Å². The molecule has 0 aliphatic rings. The predicted molar refractivity (Wildman–Crippen MR) is 109 cm³/mol. The second-order valence-corrected chi connectivity index (χ2v) is 6.35. The Kier molecular flexibility index (Phi) is 7.67. The Labute approximate surface area is 160 Å². The Bertz CT molecular complexity index is 758. The van der Waals surface area contributed by atoms with Gasteiger partial charge < -0.3 is 15.0 Å². The standard InChI is InChI=1S/C21H27N3O3/c1-4-27-21(26)23-18-9-5-8-17(15-18)20(25)22-14-6-7-16-10-12-19(13-11-16)24(2)3/h5,8-13,15H,4,6-7,14H2,1-3H3,(H,22,25)(H,23,26). The molecule has 27 heavy (non-hydrogen) atoms. The van der Waals surface area contributed by atoms with Gasteiger partial charge in [-0.15, -0.1) is 0 Å². The van der Waals surface area contributed by atoms with Crippen LogP contribution < -0.4 is 15.5 Å². The van der Waals surface area contributed by atoms with Gasteiger partial charge in [0.25, 0.3) is 5.91 Å². The zero-order valence-electron chi connectivity index (χ0n) is 16.1. The SMILES string of the molecule is CCOC(=O)Nc1cccc(C(=O)NCCCc2ccc(N(C)C)cc2)c1. The number of anilines is 2. The number of benzene rings is 2. The van der Waals surface area contributed by atoms with Crippen LogP contribution in [0.15, 0.2) is 48.5 Å². The molecule has 0 saturated heterocycles. The molecule has 0 radical (unpaired) electrons. The molecule has 144 valence electrons. The maximum Gasteiger partial charge on any atom is 0.411 e. The van der Waals surface area contributed by atoms with E-state index in [9.17, 15) is 9.59 Å². The van der Waals surface area contributed by atoms with E-state index in [2.05, 4.69) is 39.8 Å². The number of rotatable bonds is 8. The summed E-state index contributed by atoms with van der Waals surface area (Å²) in [6.45, 7) is 2.62. The third-order valence-corrected chi connectivity index (χ3v) is 4.03. The van der Waals surface area contributed by atoms with Crippen molar-refractivity contribution >= 4 is 23.4 Å². The lowest BCUT2D eigenvalue weighted by Crippen LogP contribution is -2.25. The Morgan fingerprint density at radius 3 is 2.48 bits per heavy atom. The number of ether oxygens (including phenoxy) is 1. The van der Waals surface area contributed by atoms with E-state index in [1.54, 1.807) is 31.2 Å². The zero-order valence-corrected chi connectivity index (χ0v) is 16.1. The lowest BCUT2D eigenvalue weighted by molar-refractivity contribution is 0.0953. The first kappa shape index (κ1) is 20.3. The molecule has 0 aliphatic carbocycles. The summed E-state index contributed by atoms with van der Waals surface area (Å²) in [4.78, 5) is 25.8. The number of aryl methyl sites for hydroxylation is 1. The summed E-state index contributed by atoms with van der Waals surface area (Å²) in [5.41, 5.74) is 3.44. The first-order chi connectivity index (χ1) is 13.0. The molecular weight excluding hydrogens is 342 g/mol. The monoisotopic (exact) mass is 369 g/mol. The average Bonchev–Trinajstić information content (AvgIpc) is 2.65. The van der Waals surface area contributed by atoms with Crippen molar-refractivity contribution in [3.8, 4) is 0 Å². The molecule has 2 rings (SSSR count). The Morgan fingerprint density at radius 2 is 1.81 bits per heavy atom. The number of hydrogen-bond acceptors (Lipinski definition) is 4. The number of hydrogen-bond donors (Lipinski definition) is 2. The molecule has 0 fully saturated rings. The normalized spacial score (nSPS) is 10.2. The quantitative estimate of drug-likeness (QED) is 0.697. The van der Waals surface area contributed by atoms with Crippen molar-refractivity contribution in [3.05, 3.63) is 59.7 Å². The Hall–Kier alpha value is -3.02. The maximum atomic E-state index is 12.3. The zero-order chi connectivity index (χ0) is 19.6. The molecule has 0 unspecified atom stereocenters. The van der Waals surface area contributed by atoms with Crippen LogP contribution in [0.25, 0.3) is 0 Å². The van der Waals surface area contributed by atoms with Gasteiger partial charge in [-0.05, 0) is 55.7 Å². The summed E-state index contributed by atoms with van der Waals surface area (Å²) < 4.78 is 4.83. The number of carbonyl (C=O) groups is 2. The summed E-state index contributed by atoms with van der Waals surface area (Å²) in [5.74, 6) is -0.162. The summed E-state index contributed by atoms with van der Waals surface area (Å²) in [7, 11) is 4.03. The van der Waals surface area contributed by atoms with Crippen molar-refractivity contribution in [1.82, 2.24) is 5.32 Å². The number of nitrogens with zero attached hydrogens (tertiary/aromatic N) is 1. The fourth-order valence-electron chi connectivity index (χ4n) is 2.58. The minimum Gasteiger partial charge on any atom is -0.450 e. The molecule has 0 saturated carbocycles. The van der Waals surface area contributed by atoms with E-state index in [0.29, 0.717) is 24.4 Å². The van der Waals surface area contributed by atoms with Gasteiger partial charge in [0.2, 0.25) is 0 Å². The molecule has 2 N–H and O–H groups in total. The van der Waals surface area contributed by atoms with Gasteiger partial charge in [0.1, 0.15) is 0 Å². The van der Waals surface area contributed by atoms with Gasteiger partial charge in [0.15, 0.2) is 0 Å². The van der Waals surface area contributed by atoms with Crippen molar-refractivity contribution in [2.24, 2.45) is 0 Å². The van der Waals surface area contributed by atoms with Gasteiger partial charge in [-0.25, -0.2) is 4.79 Å². The molecule has 2 aromatic rings. The van der Waals surface area contributed by atoms with E-state index in [1.165, 1.54) is 11.3 Å². The van der Waals surface area contributed by atoms with Gasteiger partial charge in [0.05, 0.1) is 6.61 Å². The average molecular weight is 369 g/mol. The van der Waals surface area contributed by atoms with Crippen LogP contribution >= 0.6 is 0 Å². The summed E-state index contributed by atoms with van der Waals surface area (Å²) in [6, 6.07) is 15.2. The third kappa shape index (κ3) is 6.66. The molecule has 6 heteroatoms. The highest BCUT2D eigenvalue weighted by atomic mass is 16.5. The minimum absolute atomic E-state index is 0.162. The molecule has 0 atom stereocenters. The molecule has 0 heterocycles. The molecular formula is C21H27N3O3. The van der Waals surface area contributed by atoms with Crippen LogP contribution in [0.4, 0.5) is 16.2 Å². The van der Waals surface area contributed by atoms with E-state index in [0.717, 1.165) is 12.8 Å². The first-order valence-corrected chi connectivity index (χ1v) is 9.08. The van der Waals surface area contributed by atoms with Crippen LogP contribution in [-0.2, 0) is 11.2 Å². The third-order valence-electron chi connectivity index (χ3n) is 4.03. The predicted octanol–water partition coefficient (Wildman–Crippen LogP) is 3.68. The van der Waals surface area contributed by atoms with E-state index in [1.807, 2.05) is 14.1 Å². The van der Waals surface area contributed by atoms with E-state index in [4.69, 9.17) is 4.74 Å². The number of carbonyl (C=O) groups excluding carboxylic acids is 2. The molecule has 0 spiro atoms. The van der Waals surface area contributed by atoms with Gasteiger partial charge in [-0.1, -0.05) is 18.2 Å².